The Labute approximate surface area is 319 Å². The average molecular weight is 753 g/mol. The number of benzene rings is 5. The summed E-state index contributed by atoms with van der Waals surface area (Å²) >= 11 is 0. The summed E-state index contributed by atoms with van der Waals surface area (Å²) in [6.45, 7) is 3.67. The lowest BCUT2D eigenvalue weighted by molar-refractivity contribution is -0.825. The largest absolute Gasteiger partial charge is 0.496 e. The molecule has 0 fully saturated rings. The molecule has 13 nitrogen and oxygen atoms in total. The van der Waals surface area contributed by atoms with E-state index in [9.17, 15) is 14.8 Å². The Morgan fingerprint density at radius 2 is 1.16 bits per heavy atom. The highest BCUT2D eigenvalue weighted by Crippen LogP contribution is 2.41. The first-order valence-corrected chi connectivity index (χ1v) is 17.0. The Morgan fingerprint density at radius 1 is 0.636 bits per heavy atom. The molecule has 0 saturated carbocycles. The summed E-state index contributed by atoms with van der Waals surface area (Å²) in [5.41, 5.74) is 16.0. The molecule has 0 amide bonds. The van der Waals surface area contributed by atoms with E-state index >= 15 is 0 Å². The van der Waals surface area contributed by atoms with E-state index in [0.717, 1.165) is 22.2 Å². The average Bonchev–Trinajstić information content (AvgIpc) is 3.20. The smallest absolute Gasteiger partial charge is 0.347 e. The standard InChI is InChI=1S/C41H40N2O10.CH5N/c1-24(2)51-39-21-27(42)10-16-34(39)41(45)53-30-14-18-33(38(23-30)50-6)40(44)52-29-13-17-31(37(22-29)49-5)26-19-35(47-3)32(36(20-26)48-4)15-9-25-7-11-28(43-46)12-8-25;1-2/h7-24,43,46H,42H2,1-6H3;2H2,1H3/p+1/b15-9+;. The summed E-state index contributed by atoms with van der Waals surface area (Å²) in [4.78, 5) is 26.4. The van der Waals surface area contributed by atoms with Crippen LogP contribution < -0.4 is 50.1 Å². The summed E-state index contributed by atoms with van der Waals surface area (Å²) in [5, 5.41) is 9.21. The van der Waals surface area contributed by atoms with Crippen LogP contribution in [-0.4, -0.2) is 58.7 Å². The van der Waals surface area contributed by atoms with Gasteiger partial charge in [-0.1, -0.05) is 6.08 Å². The van der Waals surface area contributed by atoms with E-state index in [2.05, 4.69) is 5.73 Å². The van der Waals surface area contributed by atoms with Gasteiger partial charge in [-0.15, -0.1) is 0 Å². The molecule has 0 atom stereocenters. The molecule has 0 saturated heterocycles. The molecule has 0 radical (unpaired) electrons. The fourth-order valence-corrected chi connectivity index (χ4v) is 5.39. The number of esters is 2. The lowest BCUT2D eigenvalue weighted by Gasteiger charge is -2.16. The number of nitrogens with two attached hydrogens (primary N) is 3. The molecule has 0 aromatic heterocycles. The van der Waals surface area contributed by atoms with Crippen molar-refractivity contribution in [2.75, 3.05) is 41.2 Å². The Kier molecular flexibility index (Phi) is 14.6. The first kappa shape index (κ1) is 41.2. The Balaban J connectivity index is 0.00000331. The minimum Gasteiger partial charge on any atom is -0.496 e. The number of ether oxygens (including phenoxy) is 7. The maximum Gasteiger partial charge on any atom is 0.347 e. The van der Waals surface area contributed by atoms with Crippen molar-refractivity contribution in [1.29, 1.82) is 0 Å². The van der Waals surface area contributed by atoms with Gasteiger partial charge in [-0.2, -0.15) is 5.48 Å². The Morgan fingerprint density at radius 3 is 1.71 bits per heavy atom. The number of hydrogen-bond acceptors (Lipinski definition) is 12. The lowest BCUT2D eigenvalue weighted by atomic mass is 10.00. The maximum atomic E-state index is 13.4. The molecule has 0 heterocycles. The van der Waals surface area contributed by atoms with Crippen molar-refractivity contribution in [2.45, 2.75) is 20.0 Å². The predicted molar refractivity (Wildman–Crippen MR) is 210 cm³/mol. The van der Waals surface area contributed by atoms with E-state index in [1.807, 2.05) is 50.3 Å². The summed E-state index contributed by atoms with van der Waals surface area (Å²) in [6.07, 6.45) is 3.61. The summed E-state index contributed by atoms with van der Waals surface area (Å²) in [7, 11) is 7.55. The van der Waals surface area contributed by atoms with Gasteiger partial charge >= 0.3 is 11.9 Å². The van der Waals surface area contributed by atoms with Gasteiger partial charge in [-0.3, -0.25) is 0 Å². The van der Waals surface area contributed by atoms with Crippen LogP contribution in [0.3, 0.4) is 0 Å². The maximum absolute atomic E-state index is 13.4. The highest BCUT2D eigenvalue weighted by Gasteiger charge is 2.21. The molecule has 5 rings (SSSR count). The van der Waals surface area contributed by atoms with Gasteiger partial charge in [0, 0.05) is 41.6 Å². The molecule has 55 heavy (non-hydrogen) atoms. The van der Waals surface area contributed by atoms with Gasteiger partial charge in [0.1, 0.15) is 51.4 Å². The fraction of sp³-hybridized carbons (Fsp3) is 0.190. The molecular weight excluding hydrogens is 706 g/mol. The second-order valence-corrected chi connectivity index (χ2v) is 11.8. The SMILES string of the molecule is CN.COc1cc(OC(=O)c2ccc(N)cc2OC(C)C)ccc1C(=O)Oc1ccc(-c2cc(OC)c(/C=C/c3ccc([NH2+]O)cc3)c(OC)c2)c(OC)c1. The van der Waals surface area contributed by atoms with Crippen LogP contribution in [0.1, 0.15) is 45.7 Å². The van der Waals surface area contributed by atoms with E-state index in [1.165, 1.54) is 45.5 Å². The van der Waals surface area contributed by atoms with Crippen molar-refractivity contribution >= 4 is 35.5 Å². The van der Waals surface area contributed by atoms with Gasteiger partial charge in [0.2, 0.25) is 0 Å². The monoisotopic (exact) mass is 752 g/mol. The first-order valence-electron chi connectivity index (χ1n) is 17.0. The number of hydrogen-bond donors (Lipinski definition) is 4. The van der Waals surface area contributed by atoms with Crippen LogP contribution in [0.2, 0.25) is 0 Å². The number of nitrogen functional groups attached to an aromatic ring is 1. The number of rotatable bonds is 14. The molecule has 5 aromatic carbocycles. The topological polar surface area (TPSA) is 188 Å². The molecule has 0 unspecified atom stereocenters. The molecule has 0 spiro atoms. The molecule has 7 N–H and O–H groups in total. The minimum absolute atomic E-state index is 0.104. The van der Waals surface area contributed by atoms with Crippen LogP contribution in [-0.2, 0) is 0 Å². The predicted octanol–water partition coefficient (Wildman–Crippen LogP) is 6.53. The summed E-state index contributed by atoms with van der Waals surface area (Å²) in [6, 6.07) is 25.1. The number of methoxy groups -OCH3 is 4. The number of carbonyl (C=O) groups is 2. The van der Waals surface area contributed by atoms with E-state index in [0.29, 0.717) is 39.9 Å². The zero-order valence-corrected chi connectivity index (χ0v) is 31.7. The van der Waals surface area contributed by atoms with Crippen molar-refractivity contribution in [2.24, 2.45) is 5.73 Å². The van der Waals surface area contributed by atoms with Gasteiger partial charge in [0.25, 0.3) is 0 Å². The fourth-order valence-electron chi connectivity index (χ4n) is 5.39. The third kappa shape index (κ3) is 10.3. The molecule has 0 aliphatic heterocycles. The number of quaternary nitrogens is 1. The van der Waals surface area contributed by atoms with Crippen molar-refractivity contribution in [1.82, 2.24) is 0 Å². The van der Waals surface area contributed by atoms with Crippen molar-refractivity contribution in [3.63, 3.8) is 0 Å². The molecule has 0 aliphatic rings. The van der Waals surface area contributed by atoms with E-state index < -0.39 is 11.9 Å². The van der Waals surface area contributed by atoms with Gasteiger partial charge in [0.15, 0.2) is 5.69 Å². The van der Waals surface area contributed by atoms with Gasteiger partial charge in [-0.25, -0.2) is 14.8 Å². The second-order valence-electron chi connectivity index (χ2n) is 11.8. The quantitative estimate of drug-likeness (QED) is 0.0317. The van der Waals surface area contributed by atoms with Crippen molar-refractivity contribution in [3.8, 4) is 51.4 Å². The minimum atomic E-state index is -0.704. The van der Waals surface area contributed by atoms with Crippen molar-refractivity contribution in [3.05, 3.63) is 113 Å². The van der Waals surface area contributed by atoms with Crippen LogP contribution >= 0.6 is 0 Å². The number of carbonyl (C=O) groups excluding carboxylic acids is 2. The zero-order chi connectivity index (χ0) is 40.1. The molecular formula is C42H46N3O10+. The highest BCUT2D eigenvalue weighted by molar-refractivity contribution is 5.96. The molecule has 0 aliphatic carbocycles. The number of anilines is 1. The normalized spacial score (nSPS) is 10.7. The molecule has 13 heteroatoms. The first-order chi connectivity index (χ1) is 26.6. The third-order valence-electron chi connectivity index (χ3n) is 7.96. The zero-order valence-electron chi connectivity index (χ0n) is 31.7. The Hall–Kier alpha value is -6.54. The van der Waals surface area contributed by atoms with Crippen LogP contribution in [0.4, 0.5) is 11.4 Å². The van der Waals surface area contributed by atoms with Gasteiger partial charge in [0.05, 0.1) is 40.1 Å². The van der Waals surface area contributed by atoms with Gasteiger partial charge in [-0.05, 0) is 98.8 Å². The highest BCUT2D eigenvalue weighted by atomic mass is 16.5. The van der Waals surface area contributed by atoms with Crippen LogP contribution in [0.25, 0.3) is 23.3 Å². The lowest BCUT2D eigenvalue weighted by Crippen LogP contribution is -2.73. The van der Waals surface area contributed by atoms with Crippen molar-refractivity contribution < 1.29 is 53.4 Å². The van der Waals surface area contributed by atoms with Crippen LogP contribution in [0.15, 0.2) is 91.0 Å². The molecule has 5 aromatic rings. The Bertz CT molecular complexity index is 2110. The van der Waals surface area contributed by atoms with Crippen LogP contribution in [0.5, 0.6) is 40.2 Å². The molecule has 288 valence electrons. The van der Waals surface area contributed by atoms with E-state index in [4.69, 9.17) is 38.9 Å². The van der Waals surface area contributed by atoms with Crippen LogP contribution in [0, 0.1) is 0 Å². The molecule has 0 bridgehead atoms. The van der Waals surface area contributed by atoms with E-state index in [1.54, 1.807) is 56.7 Å². The third-order valence-corrected chi connectivity index (χ3v) is 7.96. The summed E-state index contributed by atoms with van der Waals surface area (Å²) in [5.74, 6) is 0.972. The second kappa shape index (κ2) is 19.5. The summed E-state index contributed by atoms with van der Waals surface area (Å²) < 4.78 is 39.7. The van der Waals surface area contributed by atoms with Gasteiger partial charge < -0.3 is 44.6 Å². The van der Waals surface area contributed by atoms with E-state index in [-0.39, 0.29) is 34.5 Å².